The van der Waals surface area contributed by atoms with Crippen LogP contribution in [0.25, 0.3) is 6.08 Å². The molecule has 1 N–H and O–H groups in total. The van der Waals surface area contributed by atoms with Crippen LogP contribution >= 0.6 is 0 Å². The van der Waals surface area contributed by atoms with Gasteiger partial charge in [0.25, 0.3) is 0 Å². The van der Waals surface area contributed by atoms with E-state index < -0.39 is 0 Å². The van der Waals surface area contributed by atoms with Gasteiger partial charge < -0.3 is 10.1 Å². The molecule has 1 aliphatic carbocycles. The third kappa shape index (κ3) is 1.71. The minimum absolute atomic E-state index is 0.0140. The van der Waals surface area contributed by atoms with Gasteiger partial charge in [0.2, 0.25) is 0 Å². The van der Waals surface area contributed by atoms with E-state index in [-0.39, 0.29) is 5.41 Å². The first kappa shape index (κ1) is 10.4. The van der Waals surface area contributed by atoms with E-state index in [0.717, 1.165) is 13.2 Å². The number of rotatable bonds is 4. The van der Waals surface area contributed by atoms with Crippen molar-refractivity contribution < 1.29 is 4.74 Å². The molecule has 2 nitrogen and oxygen atoms in total. The first-order chi connectivity index (χ1) is 7.32. The summed E-state index contributed by atoms with van der Waals surface area (Å²) in [7, 11) is 3.73. The molecule has 0 fully saturated rings. The second kappa shape index (κ2) is 4.17. The lowest BCUT2D eigenvalue weighted by Crippen LogP contribution is -2.38. The van der Waals surface area contributed by atoms with E-state index in [1.165, 1.54) is 11.1 Å². The molecule has 2 rings (SSSR count). The Hall–Kier alpha value is -1.12. The smallest absolute Gasteiger partial charge is 0.0606 e. The van der Waals surface area contributed by atoms with Crippen molar-refractivity contribution in [2.75, 3.05) is 27.3 Å². The summed E-state index contributed by atoms with van der Waals surface area (Å²) in [5, 5.41) is 3.24. The zero-order valence-electron chi connectivity index (χ0n) is 9.29. The number of ether oxygens (including phenoxy) is 1. The number of likely N-dealkylation sites (N-methyl/N-ethyl adjacent to an activating group) is 1. The molecule has 0 bridgehead atoms. The van der Waals surface area contributed by atoms with Gasteiger partial charge in [-0.2, -0.15) is 0 Å². The third-order valence-electron chi connectivity index (χ3n) is 2.97. The van der Waals surface area contributed by atoms with E-state index in [2.05, 4.69) is 41.7 Å². The number of nitrogens with one attached hydrogen (secondary N) is 1. The van der Waals surface area contributed by atoms with E-state index in [0.29, 0.717) is 0 Å². The van der Waals surface area contributed by atoms with Crippen molar-refractivity contribution in [3.05, 3.63) is 41.5 Å². The first-order valence-electron chi connectivity index (χ1n) is 5.25. The lowest BCUT2D eigenvalue weighted by molar-refractivity contribution is 0.152. The highest BCUT2D eigenvalue weighted by atomic mass is 16.5. The third-order valence-corrected chi connectivity index (χ3v) is 2.97. The van der Waals surface area contributed by atoms with Crippen molar-refractivity contribution in [3.8, 4) is 0 Å². The van der Waals surface area contributed by atoms with Gasteiger partial charge in [-0.1, -0.05) is 36.4 Å². The van der Waals surface area contributed by atoms with Gasteiger partial charge in [0, 0.05) is 19.1 Å². The van der Waals surface area contributed by atoms with Gasteiger partial charge in [-0.15, -0.1) is 0 Å². The standard InChI is InChI=1S/C13H17NO/c1-14-9-13(10-15-2)8-7-11-5-3-4-6-12(11)13/h3-8,14H,9-10H2,1-2H3. The van der Waals surface area contributed by atoms with E-state index in [1.807, 2.05) is 7.05 Å². The van der Waals surface area contributed by atoms with Gasteiger partial charge in [0.15, 0.2) is 0 Å². The average Bonchev–Trinajstić information content (AvgIpc) is 2.60. The van der Waals surface area contributed by atoms with Gasteiger partial charge in [-0.05, 0) is 18.2 Å². The van der Waals surface area contributed by atoms with Crippen molar-refractivity contribution in [1.29, 1.82) is 0 Å². The van der Waals surface area contributed by atoms with Gasteiger partial charge in [-0.3, -0.25) is 0 Å². The summed E-state index contributed by atoms with van der Waals surface area (Å²) in [6.45, 7) is 1.63. The largest absolute Gasteiger partial charge is 0.383 e. The number of methoxy groups -OCH3 is 1. The zero-order valence-corrected chi connectivity index (χ0v) is 9.29. The lowest BCUT2D eigenvalue weighted by Gasteiger charge is -2.28. The van der Waals surface area contributed by atoms with Crippen LogP contribution in [-0.4, -0.2) is 27.3 Å². The maximum atomic E-state index is 5.35. The Morgan fingerprint density at radius 2 is 2.13 bits per heavy atom. The van der Waals surface area contributed by atoms with Crippen LogP contribution in [0.5, 0.6) is 0 Å². The summed E-state index contributed by atoms with van der Waals surface area (Å²) in [4.78, 5) is 0. The quantitative estimate of drug-likeness (QED) is 0.806. The Balaban J connectivity index is 2.39. The molecule has 0 saturated carbocycles. The van der Waals surface area contributed by atoms with Gasteiger partial charge in [0.05, 0.1) is 6.61 Å². The summed E-state index contributed by atoms with van der Waals surface area (Å²) >= 11 is 0. The summed E-state index contributed by atoms with van der Waals surface area (Å²) in [5.41, 5.74) is 2.69. The molecule has 1 unspecified atom stereocenters. The maximum Gasteiger partial charge on any atom is 0.0606 e. The minimum atomic E-state index is 0.0140. The second-order valence-corrected chi connectivity index (χ2v) is 4.04. The Bertz CT molecular complexity index is 365. The van der Waals surface area contributed by atoms with Crippen LogP contribution in [0.15, 0.2) is 30.3 Å². The lowest BCUT2D eigenvalue weighted by atomic mass is 9.83. The fourth-order valence-electron chi connectivity index (χ4n) is 2.34. The molecule has 0 aliphatic heterocycles. The molecule has 80 valence electrons. The topological polar surface area (TPSA) is 21.3 Å². The number of fused-ring (bicyclic) bond motifs is 1. The van der Waals surface area contributed by atoms with Crippen LogP contribution in [0.1, 0.15) is 11.1 Å². The molecule has 2 heteroatoms. The molecule has 0 saturated heterocycles. The maximum absolute atomic E-state index is 5.35. The van der Waals surface area contributed by atoms with Crippen LogP contribution in [0, 0.1) is 0 Å². The molecule has 0 aromatic heterocycles. The molecule has 15 heavy (non-hydrogen) atoms. The fourth-order valence-corrected chi connectivity index (χ4v) is 2.34. The monoisotopic (exact) mass is 203 g/mol. The van der Waals surface area contributed by atoms with Crippen LogP contribution in [0.4, 0.5) is 0 Å². The van der Waals surface area contributed by atoms with Gasteiger partial charge >= 0.3 is 0 Å². The fraction of sp³-hybridized carbons (Fsp3) is 0.385. The molecule has 0 heterocycles. The van der Waals surface area contributed by atoms with Crippen molar-refractivity contribution in [2.45, 2.75) is 5.41 Å². The molecular formula is C13H17NO. The predicted octanol–water partition coefficient (Wildman–Crippen LogP) is 1.82. The predicted molar refractivity (Wildman–Crippen MR) is 63.0 cm³/mol. The van der Waals surface area contributed by atoms with Gasteiger partial charge in [0.1, 0.15) is 0 Å². The van der Waals surface area contributed by atoms with E-state index in [9.17, 15) is 0 Å². The zero-order chi connectivity index (χ0) is 10.7. The van der Waals surface area contributed by atoms with Gasteiger partial charge in [-0.25, -0.2) is 0 Å². The highest BCUT2D eigenvalue weighted by Crippen LogP contribution is 2.35. The Labute approximate surface area is 91.0 Å². The summed E-state index contributed by atoms with van der Waals surface area (Å²) in [6, 6.07) is 8.50. The van der Waals surface area contributed by atoms with Crippen molar-refractivity contribution >= 4 is 6.08 Å². The Morgan fingerprint density at radius 3 is 2.87 bits per heavy atom. The minimum Gasteiger partial charge on any atom is -0.383 e. The molecule has 0 spiro atoms. The highest BCUT2D eigenvalue weighted by molar-refractivity contribution is 5.65. The Morgan fingerprint density at radius 1 is 1.33 bits per heavy atom. The normalized spacial score (nSPS) is 23.1. The number of hydrogen-bond acceptors (Lipinski definition) is 2. The SMILES string of the molecule is CNCC1(COC)C=Cc2ccccc21. The van der Waals surface area contributed by atoms with E-state index in [4.69, 9.17) is 4.74 Å². The molecule has 1 atom stereocenters. The first-order valence-corrected chi connectivity index (χ1v) is 5.25. The highest BCUT2D eigenvalue weighted by Gasteiger charge is 2.33. The van der Waals surface area contributed by atoms with Crippen LogP contribution in [-0.2, 0) is 10.2 Å². The second-order valence-electron chi connectivity index (χ2n) is 4.04. The molecule has 0 radical (unpaired) electrons. The van der Waals surface area contributed by atoms with Crippen molar-refractivity contribution in [1.82, 2.24) is 5.32 Å². The van der Waals surface area contributed by atoms with Crippen LogP contribution < -0.4 is 5.32 Å². The Kier molecular flexibility index (Phi) is 2.89. The molecule has 1 aliphatic rings. The van der Waals surface area contributed by atoms with Crippen LogP contribution in [0.3, 0.4) is 0 Å². The molecule has 1 aromatic carbocycles. The molecule has 1 aromatic rings. The van der Waals surface area contributed by atoms with E-state index in [1.54, 1.807) is 7.11 Å². The summed E-state index contributed by atoms with van der Waals surface area (Å²) < 4.78 is 5.35. The van der Waals surface area contributed by atoms with Crippen LogP contribution in [0.2, 0.25) is 0 Å². The molecular weight excluding hydrogens is 186 g/mol. The molecule has 0 amide bonds. The summed E-state index contributed by atoms with van der Waals surface area (Å²) in [6.07, 6.45) is 4.43. The summed E-state index contributed by atoms with van der Waals surface area (Å²) in [5.74, 6) is 0. The number of benzene rings is 1. The number of hydrogen-bond donors (Lipinski definition) is 1. The average molecular weight is 203 g/mol. The van der Waals surface area contributed by atoms with Crippen molar-refractivity contribution in [2.24, 2.45) is 0 Å². The van der Waals surface area contributed by atoms with E-state index >= 15 is 0 Å². The van der Waals surface area contributed by atoms with Crippen molar-refractivity contribution in [3.63, 3.8) is 0 Å².